The van der Waals surface area contributed by atoms with Gasteiger partial charge in [0.1, 0.15) is 12.4 Å². The summed E-state index contributed by atoms with van der Waals surface area (Å²) in [6.07, 6.45) is 0.462. The minimum atomic E-state index is -5.08. The Hall–Kier alpha value is -5.26. The third-order valence-electron chi connectivity index (χ3n) is 6.99. The van der Waals surface area contributed by atoms with Crippen LogP contribution in [0.25, 0.3) is 11.3 Å². The number of likely N-dealkylation sites (tertiary alicyclic amines) is 1. The number of rotatable bonds is 7. The molecule has 238 valence electrons. The van der Waals surface area contributed by atoms with Gasteiger partial charge in [0.05, 0.1) is 42.0 Å². The number of benzene rings is 1. The van der Waals surface area contributed by atoms with Crippen LogP contribution in [0.5, 0.6) is 11.5 Å². The van der Waals surface area contributed by atoms with Crippen molar-refractivity contribution in [3.05, 3.63) is 53.7 Å². The molecule has 2 aliphatic heterocycles. The van der Waals surface area contributed by atoms with Crippen LogP contribution in [-0.2, 0) is 16.0 Å². The van der Waals surface area contributed by atoms with Crippen LogP contribution in [0.1, 0.15) is 35.8 Å². The maximum atomic E-state index is 14.5. The number of carbonyl (C=O) groups excluding carboxylic acids is 2. The standard InChI is InChI=1S/C28H28FN5O4.C2HF3O2/c1-3-6-23(35)34-14-5-7-17(34)16-38-22-15-30-12-10-18(22)25-26(24-20(32-25)11-13-31-28(24)36)33-21-9-4-8-19(29)27(21)37-2;3-2(4,5)1(6)7/h4,8-10,12,15,17,32-33H,5,7,11,13-14,16H2,1-2H3,(H,31,36);(H,6,7)/t17-;/m1./s1. The smallest absolute Gasteiger partial charge is 0.490 e. The highest BCUT2D eigenvalue weighted by atomic mass is 19.4. The number of ether oxygens (including phenoxy) is 2. The molecule has 0 bridgehead atoms. The molecular weight excluding hydrogens is 602 g/mol. The first kappa shape index (κ1) is 32.6. The summed E-state index contributed by atoms with van der Waals surface area (Å²) in [4.78, 5) is 43.6. The van der Waals surface area contributed by atoms with Gasteiger partial charge < -0.3 is 35.1 Å². The van der Waals surface area contributed by atoms with Gasteiger partial charge in [-0.15, -0.1) is 0 Å². The second-order valence-corrected chi connectivity index (χ2v) is 9.84. The van der Waals surface area contributed by atoms with E-state index in [0.29, 0.717) is 53.5 Å². The number of methoxy groups -OCH3 is 1. The van der Waals surface area contributed by atoms with Crippen molar-refractivity contribution in [2.75, 3.05) is 32.1 Å². The van der Waals surface area contributed by atoms with Gasteiger partial charge in [-0.05, 0) is 43.9 Å². The number of H-pyrrole nitrogens is 1. The van der Waals surface area contributed by atoms with E-state index in [9.17, 15) is 27.2 Å². The second kappa shape index (κ2) is 14.0. The van der Waals surface area contributed by atoms with Crippen molar-refractivity contribution in [3.63, 3.8) is 0 Å². The third-order valence-corrected chi connectivity index (χ3v) is 6.99. The maximum absolute atomic E-state index is 14.5. The van der Waals surface area contributed by atoms with Crippen LogP contribution in [0.3, 0.4) is 0 Å². The van der Waals surface area contributed by atoms with E-state index in [2.05, 4.69) is 32.4 Å². The summed E-state index contributed by atoms with van der Waals surface area (Å²) in [6, 6.07) is 6.24. The minimum Gasteiger partial charge on any atom is -0.492 e. The largest absolute Gasteiger partial charge is 0.492 e. The van der Waals surface area contributed by atoms with Crippen molar-refractivity contribution < 1.29 is 46.5 Å². The molecule has 45 heavy (non-hydrogen) atoms. The Kier molecular flexibility index (Phi) is 10.2. The molecule has 2 amide bonds. The zero-order valence-corrected chi connectivity index (χ0v) is 24.2. The molecule has 4 heterocycles. The number of aromatic amines is 1. The van der Waals surface area contributed by atoms with Crippen LogP contribution >= 0.6 is 0 Å². The molecule has 1 aromatic carbocycles. The maximum Gasteiger partial charge on any atom is 0.490 e. The van der Waals surface area contributed by atoms with E-state index < -0.39 is 18.0 Å². The van der Waals surface area contributed by atoms with Gasteiger partial charge in [-0.25, -0.2) is 9.18 Å². The zero-order valence-electron chi connectivity index (χ0n) is 24.2. The molecule has 0 saturated carbocycles. The van der Waals surface area contributed by atoms with Crippen molar-refractivity contribution in [2.45, 2.75) is 38.4 Å². The van der Waals surface area contributed by atoms with Gasteiger partial charge in [0.2, 0.25) is 0 Å². The number of anilines is 2. The highest BCUT2D eigenvalue weighted by Crippen LogP contribution is 2.42. The lowest BCUT2D eigenvalue weighted by Gasteiger charge is -2.23. The Morgan fingerprint density at radius 1 is 1.27 bits per heavy atom. The number of hydrogen-bond acceptors (Lipinski definition) is 7. The highest BCUT2D eigenvalue weighted by Gasteiger charge is 2.38. The number of carboxylic acids is 1. The van der Waals surface area contributed by atoms with E-state index in [1.165, 1.54) is 13.2 Å². The summed E-state index contributed by atoms with van der Waals surface area (Å²) < 4.78 is 57.7. The number of carboxylic acid groups (broad SMARTS) is 1. The van der Waals surface area contributed by atoms with Crippen molar-refractivity contribution in [1.29, 1.82) is 0 Å². The highest BCUT2D eigenvalue weighted by molar-refractivity contribution is 6.06. The summed E-state index contributed by atoms with van der Waals surface area (Å²) in [5.41, 5.74) is 3.34. The van der Waals surface area contributed by atoms with Gasteiger partial charge in [-0.3, -0.25) is 14.6 Å². The quantitative estimate of drug-likeness (QED) is 0.223. The van der Waals surface area contributed by atoms with Gasteiger partial charge in [0, 0.05) is 37.0 Å². The summed E-state index contributed by atoms with van der Waals surface area (Å²) >= 11 is 0. The summed E-state index contributed by atoms with van der Waals surface area (Å²) in [5, 5.41) is 13.2. The molecule has 1 fully saturated rings. The molecule has 3 aromatic rings. The van der Waals surface area contributed by atoms with Crippen molar-refractivity contribution >= 4 is 29.2 Å². The molecule has 0 unspecified atom stereocenters. The predicted molar refractivity (Wildman–Crippen MR) is 154 cm³/mol. The van der Waals surface area contributed by atoms with E-state index in [1.807, 2.05) is 0 Å². The van der Waals surface area contributed by atoms with E-state index in [1.54, 1.807) is 42.4 Å². The lowest BCUT2D eigenvalue weighted by Crippen LogP contribution is -2.38. The Bertz CT molecular complexity index is 1650. The molecule has 2 aromatic heterocycles. The number of fused-ring (bicyclic) bond motifs is 1. The van der Waals surface area contributed by atoms with Crippen molar-refractivity contribution in [2.24, 2.45) is 0 Å². The van der Waals surface area contributed by atoms with Crippen LogP contribution in [0.15, 0.2) is 36.7 Å². The number of halogens is 4. The Morgan fingerprint density at radius 3 is 2.71 bits per heavy atom. The van der Waals surface area contributed by atoms with Gasteiger partial charge in [-0.1, -0.05) is 12.0 Å². The van der Waals surface area contributed by atoms with Gasteiger partial charge in [-0.2, -0.15) is 13.2 Å². The fraction of sp³-hybridized carbons (Fsp3) is 0.333. The Labute approximate surface area is 254 Å². The molecule has 11 nitrogen and oxygen atoms in total. The molecule has 0 aliphatic carbocycles. The van der Waals surface area contributed by atoms with Crippen LogP contribution < -0.4 is 20.1 Å². The third kappa shape index (κ3) is 7.46. The molecule has 1 atom stereocenters. The molecule has 4 N–H and O–H groups in total. The number of aromatic nitrogens is 2. The van der Waals surface area contributed by atoms with Crippen molar-refractivity contribution in [3.8, 4) is 34.6 Å². The molecule has 15 heteroatoms. The van der Waals surface area contributed by atoms with Gasteiger partial charge >= 0.3 is 12.1 Å². The number of hydrogen-bond donors (Lipinski definition) is 4. The van der Waals surface area contributed by atoms with Crippen molar-refractivity contribution in [1.82, 2.24) is 20.2 Å². The number of carbonyl (C=O) groups is 3. The van der Waals surface area contributed by atoms with E-state index >= 15 is 0 Å². The number of alkyl halides is 3. The average molecular weight is 632 g/mol. The summed E-state index contributed by atoms with van der Waals surface area (Å²) in [5.74, 6) is 2.08. The Morgan fingerprint density at radius 2 is 2.02 bits per heavy atom. The number of para-hydroxylation sites is 1. The molecule has 1 saturated heterocycles. The number of nitrogens with one attached hydrogen (secondary N) is 3. The lowest BCUT2D eigenvalue weighted by atomic mass is 10.0. The SMILES string of the molecule is CC#CC(=O)N1CCC[C@@H]1COc1cnccc1-c1[nH]c2c(c1Nc1cccc(F)c1OC)C(=O)NCC2.O=C(O)C(F)(F)F. The van der Waals surface area contributed by atoms with Crippen LogP contribution in [-0.4, -0.2) is 76.8 Å². The average Bonchev–Trinajstić information content (AvgIpc) is 3.62. The normalized spacial score (nSPS) is 15.5. The molecule has 0 radical (unpaired) electrons. The fourth-order valence-corrected chi connectivity index (χ4v) is 5.00. The number of pyridine rings is 1. The number of aliphatic carboxylic acids is 1. The number of nitrogens with zero attached hydrogens (tertiary/aromatic N) is 2. The monoisotopic (exact) mass is 631 g/mol. The summed E-state index contributed by atoms with van der Waals surface area (Å²) in [7, 11) is 1.39. The second-order valence-electron chi connectivity index (χ2n) is 9.84. The minimum absolute atomic E-state index is 0.0389. The summed E-state index contributed by atoms with van der Waals surface area (Å²) in [6.45, 7) is 3.06. The predicted octanol–water partition coefficient (Wildman–Crippen LogP) is 4.28. The van der Waals surface area contributed by atoms with Crippen LogP contribution in [0.2, 0.25) is 0 Å². The van der Waals surface area contributed by atoms with Gasteiger partial charge in [0.25, 0.3) is 11.8 Å². The van der Waals surface area contributed by atoms with Crippen LogP contribution in [0.4, 0.5) is 28.9 Å². The number of amides is 2. The van der Waals surface area contributed by atoms with E-state index in [0.717, 1.165) is 18.5 Å². The lowest BCUT2D eigenvalue weighted by molar-refractivity contribution is -0.192. The van der Waals surface area contributed by atoms with E-state index in [-0.39, 0.29) is 30.2 Å². The van der Waals surface area contributed by atoms with E-state index in [4.69, 9.17) is 19.4 Å². The zero-order chi connectivity index (χ0) is 32.7. The van der Waals surface area contributed by atoms with Gasteiger partial charge in [0.15, 0.2) is 11.6 Å². The molecule has 0 spiro atoms. The first-order valence-corrected chi connectivity index (χ1v) is 13.7. The Balaban J connectivity index is 0.000000591. The van der Waals surface area contributed by atoms with Crippen LogP contribution in [0, 0.1) is 17.7 Å². The molecule has 2 aliphatic rings. The topological polar surface area (TPSA) is 146 Å². The fourth-order valence-electron chi connectivity index (χ4n) is 5.00. The first-order chi connectivity index (χ1) is 21.5. The molecular formula is C30H29F4N5O6. The first-order valence-electron chi connectivity index (χ1n) is 13.7. The molecule has 5 rings (SSSR count).